The van der Waals surface area contributed by atoms with E-state index >= 15 is 0 Å². The molecule has 1 aliphatic heterocycles. The first-order chi connectivity index (χ1) is 20.9. The molecule has 0 spiro atoms. The number of nitrogens with zero attached hydrogens (tertiary/aromatic N) is 2. The number of rotatable bonds is 7. The van der Waals surface area contributed by atoms with Crippen LogP contribution in [0, 0.1) is 11.8 Å². The number of alkyl carbamates (subject to hydrolysis) is 1. The van der Waals surface area contributed by atoms with Crippen LogP contribution in [0.25, 0.3) is 10.9 Å². The molecule has 3 N–H and O–H groups in total. The molecule has 0 bridgehead atoms. The molecule has 1 aliphatic carbocycles. The fraction of sp³-hybridized carbons (Fsp3) is 0.471. The molecular weight excluding hydrogens is 560 g/mol. The summed E-state index contributed by atoms with van der Waals surface area (Å²) in [6.45, 7) is 6.51. The number of hydrogen-bond acceptors (Lipinski definition) is 5. The average molecular weight is 603 g/mol. The second kappa shape index (κ2) is 12.7. The van der Waals surface area contributed by atoms with Crippen molar-refractivity contribution in [2.45, 2.75) is 70.4 Å². The minimum Gasteiger partial charge on any atom is -0.477 e. The maximum atomic E-state index is 14.3. The van der Waals surface area contributed by atoms with Crippen LogP contribution < -0.4 is 10.2 Å². The zero-order valence-corrected chi connectivity index (χ0v) is 25.8. The number of H-pyrrole nitrogens is 1. The van der Waals surface area contributed by atoms with Crippen LogP contribution in [0.2, 0.25) is 0 Å². The van der Waals surface area contributed by atoms with Gasteiger partial charge in [-0.3, -0.25) is 9.59 Å². The van der Waals surface area contributed by atoms with E-state index < -0.39 is 23.7 Å². The van der Waals surface area contributed by atoms with Crippen molar-refractivity contribution < 1.29 is 29.0 Å². The topological polar surface area (TPSA) is 132 Å². The van der Waals surface area contributed by atoms with Crippen LogP contribution in [0.3, 0.4) is 0 Å². The lowest BCUT2D eigenvalue weighted by molar-refractivity contribution is -0.142. The number of carbonyl (C=O) groups is 4. The van der Waals surface area contributed by atoms with E-state index in [9.17, 15) is 24.3 Å². The molecule has 10 nitrogen and oxygen atoms in total. The fourth-order valence-electron chi connectivity index (χ4n) is 6.55. The number of anilines is 1. The molecule has 2 atom stereocenters. The third kappa shape index (κ3) is 6.90. The van der Waals surface area contributed by atoms with Gasteiger partial charge in [-0.15, -0.1) is 0 Å². The van der Waals surface area contributed by atoms with Crippen molar-refractivity contribution in [2.24, 2.45) is 11.8 Å². The van der Waals surface area contributed by atoms with E-state index in [-0.39, 0.29) is 35.3 Å². The number of aromatic amines is 1. The van der Waals surface area contributed by atoms with Gasteiger partial charge in [-0.05, 0) is 88.6 Å². The molecule has 2 unspecified atom stereocenters. The summed E-state index contributed by atoms with van der Waals surface area (Å²) in [6, 6.07) is 16.1. The molecule has 1 saturated heterocycles. The molecule has 2 aromatic carbocycles. The zero-order chi connectivity index (χ0) is 31.6. The highest BCUT2D eigenvalue weighted by Gasteiger charge is 2.45. The Morgan fingerprint density at radius 3 is 2.36 bits per heavy atom. The Labute approximate surface area is 257 Å². The molecule has 1 saturated carbocycles. The summed E-state index contributed by atoms with van der Waals surface area (Å²) in [5.74, 6) is -1.25. The number of hydrogen-bond donors (Lipinski definition) is 3. The quantitative estimate of drug-likeness (QED) is 0.325. The fourth-order valence-corrected chi connectivity index (χ4v) is 6.55. The summed E-state index contributed by atoms with van der Waals surface area (Å²) in [5, 5.41) is 12.9. The largest absolute Gasteiger partial charge is 0.477 e. The number of carboxylic acid groups (broad SMARTS) is 1. The van der Waals surface area contributed by atoms with Gasteiger partial charge in [-0.2, -0.15) is 0 Å². The number of carboxylic acids is 1. The van der Waals surface area contributed by atoms with E-state index in [1.54, 1.807) is 41.1 Å². The van der Waals surface area contributed by atoms with Gasteiger partial charge in [0.2, 0.25) is 11.8 Å². The van der Waals surface area contributed by atoms with Crippen LogP contribution in [0.1, 0.15) is 74.8 Å². The Balaban J connectivity index is 1.30. The first-order valence-corrected chi connectivity index (χ1v) is 15.4. The third-order valence-corrected chi connectivity index (χ3v) is 8.84. The summed E-state index contributed by atoms with van der Waals surface area (Å²) in [4.78, 5) is 58.1. The molecule has 0 radical (unpaired) electrons. The van der Waals surface area contributed by atoms with Gasteiger partial charge in [0.05, 0.1) is 0 Å². The second-order valence-corrected chi connectivity index (χ2v) is 13.0. The zero-order valence-electron chi connectivity index (χ0n) is 25.8. The molecule has 2 aliphatic rings. The van der Waals surface area contributed by atoms with Gasteiger partial charge in [-0.25, -0.2) is 9.59 Å². The van der Waals surface area contributed by atoms with E-state index in [2.05, 4.69) is 10.3 Å². The van der Waals surface area contributed by atoms with Gasteiger partial charge in [0.25, 0.3) is 0 Å². The highest BCUT2D eigenvalue weighted by molar-refractivity contribution is 6.02. The van der Waals surface area contributed by atoms with Crippen LogP contribution in [-0.4, -0.2) is 70.6 Å². The highest BCUT2D eigenvalue weighted by atomic mass is 16.6. The van der Waals surface area contributed by atoms with E-state index in [1.807, 2.05) is 51.1 Å². The minimum atomic E-state index is -1.05. The molecule has 1 aromatic heterocycles. The van der Waals surface area contributed by atoms with Crippen LogP contribution in [-0.2, 0) is 14.3 Å². The van der Waals surface area contributed by atoms with Gasteiger partial charge < -0.3 is 29.9 Å². The number of ether oxygens (including phenoxy) is 1. The molecule has 5 rings (SSSR count). The van der Waals surface area contributed by atoms with Crippen LogP contribution >= 0.6 is 0 Å². The normalized spacial score (nSPS) is 22.0. The Kier molecular flexibility index (Phi) is 8.99. The maximum absolute atomic E-state index is 14.3. The van der Waals surface area contributed by atoms with Crippen LogP contribution in [0.5, 0.6) is 0 Å². The Morgan fingerprint density at radius 2 is 1.70 bits per heavy atom. The lowest BCUT2D eigenvalue weighted by Crippen LogP contribution is -2.50. The number of benzene rings is 2. The summed E-state index contributed by atoms with van der Waals surface area (Å²) < 4.78 is 5.35. The van der Waals surface area contributed by atoms with Crippen molar-refractivity contribution in [3.63, 3.8) is 0 Å². The van der Waals surface area contributed by atoms with Crippen LogP contribution in [0.4, 0.5) is 10.5 Å². The molecule has 2 heterocycles. The summed E-state index contributed by atoms with van der Waals surface area (Å²) in [7, 11) is 1.71. The first kappa shape index (κ1) is 31.1. The molecular formula is C34H42N4O6. The Morgan fingerprint density at radius 1 is 1.00 bits per heavy atom. The number of aromatic carboxylic acids is 1. The third-order valence-electron chi connectivity index (χ3n) is 8.84. The number of nitrogens with one attached hydrogen (secondary N) is 2. The molecule has 3 aromatic rings. The SMILES string of the molecule is CN(C(=O)C1C(c2ccccc2)CCN1C(=O)[C@H]1CC[C@H](CNC(=O)OC(C)(C)C)CC1)c1ccc2[nH]c(C(=O)O)cc2c1. The van der Waals surface area contributed by atoms with E-state index in [0.717, 1.165) is 18.4 Å². The van der Waals surface area contributed by atoms with Crippen molar-refractivity contribution in [3.05, 3.63) is 65.9 Å². The summed E-state index contributed by atoms with van der Waals surface area (Å²) >= 11 is 0. The Bertz CT molecular complexity index is 1520. The number of carbonyl (C=O) groups excluding carboxylic acids is 3. The lowest BCUT2D eigenvalue weighted by Gasteiger charge is -2.35. The van der Waals surface area contributed by atoms with Gasteiger partial charge in [-0.1, -0.05) is 30.3 Å². The monoisotopic (exact) mass is 602 g/mol. The standard InChI is InChI=1S/C34H42N4O6/c1-34(2,3)44-33(43)35-20-21-10-12-23(13-11-21)30(39)38-17-16-26(22-8-6-5-7-9-22)29(38)31(40)37(4)25-14-15-27-24(18-25)19-28(36-27)32(41)42/h5-9,14-15,18-19,21,23,26,29,36H,10-13,16-17,20H2,1-4H3,(H,35,43)(H,41,42)/t21-,23-,26?,29?. The van der Waals surface area contributed by atoms with Crippen molar-refractivity contribution >= 4 is 40.5 Å². The van der Waals surface area contributed by atoms with Crippen molar-refractivity contribution in [3.8, 4) is 0 Å². The Hall–Kier alpha value is -4.34. The number of likely N-dealkylation sites (N-methyl/N-ethyl adjacent to an activating group) is 1. The van der Waals surface area contributed by atoms with Crippen molar-refractivity contribution in [2.75, 3.05) is 25.0 Å². The van der Waals surface area contributed by atoms with Gasteiger partial charge in [0, 0.05) is 48.6 Å². The van der Waals surface area contributed by atoms with Gasteiger partial charge in [0.15, 0.2) is 0 Å². The average Bonchev–Trinajstić information content (AvgIpc) is 3.64. The van der Waals surface area contributed by atoms with E-state index in [1.165, 1.54) is 0 Å². The van der Waals surface area contributed by atoms with E-state index in [4.69, 9.17) is 4.74 Å². The predicted octanol–water partition coefficient (Wildman–Crippen LogP) is 5.54. The molecule has 3 amide bonds. The minimum absolute atomic E-state index is 0.0147. The number of fused-ring (bicyclic) bond motifs is 1. The highest BCUT2D eigenvalue weighted by Crippen LogP contribution is 2.39. The van der Waals surface area contributed by atoms with Gasteiger partial charge in [0.1, 0.15) is 17.3 Å². The molecule has 234 valence electrons. The smallest absolute Gasteiger partial charge is 0.407 e. The first-order valence-electron chi connectivity index (χ1n) is 15.4. The number of aromatic nitrogens is 1. The second-order valence-electron chi connectivity index (χ2n) is 13.0. The summed E-state index contributed by atoms with van der Waals surface area (Å²) in [5.41, 5.74) is 1.85. The summed E-state index contributed by atoms with van der Waals surface area (Å²) in [6.07, 6.45) is 3.31. The maximum Gasteiger partial charge on any atom is 0.407 e. The van der Waals surface area contributed by atoms with Crippen molar-refractivity contribution in [1.82, 2.24) is 15.2 Å². The number of amides is 3. The van der Waals surface area contributed by atoms with E-state index in [0.29, 0.717) is 48.9 Å². The number of likely N-dealkylation sites (tertiary alicyclic amines) is 1. The lowest BCUT2D eigenvalue weighted by atomic mass is 9.81. The van der Waals surface area contributed by atoms with Gasteiger partial charge >= 0.3 is 12.1 Å². The van der Waals surface area contributed by atoms with Crippen LogP contribution in [0.15, 0.2) is 54.6 Å². The molecule has 2 fully saturated rings. The molecule has 10 heteroatoms. The van der Waals surface area contributed by atoms with Crippen molar-refractivity contribution in [1.29, 1.82) is 0 Å². The predicted molar refractivity (Wildman–Crippen MR) is 168 cm³/mol. The molecule has 44 heavy (non-hydrogen) atoms.